The van der Waals surface area contributed by atoms with Gasteiger partial charge in [-0.1, -0.05) is 26.7 Å². The molecule has 20 nitrogen and oxygen atoms in total. The van der Waals surface area contributed by atoms with Gasteiger partial charge in [0.2, 0.25) is 0 Å². The molecule has 64 heavy (non-hydrogen) atoms. The van der Waals surface area contributed by atoms with E-state index in [9.17, 15) is 56.3 Å². The molecular weight excluding hydrogens is 969 g/mol. The summed E-state index contributed by atoms with van der Waals surface area (Å²) in [5, 5.41) is 54.4. The first-order valence-electron chi connectivity index (χ1n) is 17.3. The average molecular weight is 1000 g/mol. The van der Waals surface area contributed by atoms with Crippen molar-refractivity contribution < 1.29 is 203 Å². The number of carbonyl (C=O) groups excluding carboxylic acids is 2. The second kappa shape index (κ2) is 27.9. The molecule has 0 aromatic heterocycles. The molecule has 5 aromatic rings. The van der Waals surface area contributed by atoms with Gasteiger partial charge in [0.25, 0.3) is 11.8 Å². The quantitative estimate of drug-likeness (QED) is 0.0141. The maximum Gasteiger partial charge on any atom is 1.00 e. The van der Waals surface area contributed by atoms with Gasteiger partial charge in [0.1, 0.15) is 43.2 Å². The third-order valence-corrected chi connectivity index (χ3v) is 11.2. The molecule has 0 saturated carbocycles. The van der Waals surface area contributed by atoms with Gasteiger partial charge in [-0.15, -0.1) is 0 Å². The topological polar surface area (TPSA) is 315 Å². The fourth-order valence-electron chi connectivity index (χ4n) is 5.75. The molecule has 2 amide bonds. The first kappa shape index (κ1) is 61.1. The van der Waals surface area contributed by atoms with Crippen LogP contribution in [0.15, 0.2) is 80.2 Å². The summed E-state index contributed by atoms with van der Waals surface area (Å²) in [5.74, 6) is -3.46. The summed E-state index contributed by atoms with van der Waals surface area (Å²) in [5.41, 5.74) is -0.951. The van der Waals surface area contributed by atoms with Gasteiger partial charge in [-0.05, 0) is 84.3 Å². The van der Waals surface area contributed by atoms with E-state index >= 15 is 0 Å². The standard InChI is InChI=1S/C36H36N2O18S4.4Na/c1-3-5-7-51-31-18-26(36(42)38-28-15-23(59(45,46)47)11-20-12-24(60(48,49)50)16-30(40)34(20)28)32(52-8-6-4-2)17-25(31)35(41)37-27-13-21(57-55-53-43)9-19-10-22(58-56-54-44)14-29(39)33(19)27;;;;/h9-18,39-40,43-44H,3-8H2,1-2H3,(H,37,41)(H,38,42)(H,45,46,47)(H,48,49,50);;;;/q;4*+1/p-4. The maximum atomic E-state index is 14.2. The maximum absolute atomic E-state index is 14.2. The Morgan fingerprint density at radius 2 is 0.984 bits per heavy atom. The molecule has 0 atom stereocenters. The van der Waals surface area contributed by atoms with E-state index in [1.807, 2.05) is 13.8 Å². The number of fused-ring (bicyclic) bond motifs is 2. The van der Waals surface area contributed by atoms with Crippen LogP contribution in [-0.2, 0) is 39.0 Å². The number of hydrogen-bond acceptors (Lipinski definition) is 20. The molecule has 5 rings (SSSR count). The number of nitrogens with one attached hydrogen (secondary N) is 2. The van der Waals surface area contributed by atoms with E-state index in [1.54, 1.807) is 0 Å². The van der Waals surface area contributed by atoms with Gasteiger partial charge in [-0.25, -0.2) is 16.8 Å². The largest absolute Gasteiger partial charge is 1.00 e. The van der Waals surface area contributed by atoms with Crippen LogP contribution in [0.4, 0.5) is 11.4 Å². The molecule has 0 heterocycles. The molecule has 0 bridgehead atoms. The molecular formula is C36H32N2Na4O18S4. The van der Waals surface area contributed by atoms with E-state index in [1.165, 1.54) is 36.4 Å². The molecule has 0 spiro atoms. The van der Waals surface area contributed by atoms with E-state index in [4.69, 9.17) is 9.47 Å². The summed E-state index contributed by atoms with van der Waals surface area (Å²) >= 11 is 0.941. The minimum absolute atomic E-state index is 0. The van der Waals surface area contributed by atoms with Crippen molar-refractivity contribution in [3.8, 4) is 23.0 Å². The zero-order valence-corrected chi connectivity index (χ0v) is 46.3. The Labute approximate surface area is 463 Å². The number of benzene rings is 5. The molecule has 0 radical (unpaired) electrons. The number of hydrogen-bond donors (Lipinski definition) is 4. The zero-order chi connectivity index (χ0) is 43.8. The number of phenols is 2. The number of carbonyl (C=O) groups is 2. The van der Waals surface area contributed by atoms with Crippen molar-refractivity contribution in [2.24, 2.45) is 0 Å². The van der Waals surface area contributed by atoms with Gasteiger partial charge >= 0.3 is 118 Å². The number of phenolic OH excluding ortho intramolecular Hbond substituents is 2. The van der Waals surface area contributed by atoms with Crippen molar-refractivity contribution in [2.75, 3.05) is 23.8 Å². The van der Waals surface area contributed by atoms with Crippen molar-refractivity contribution >= 4 is 89.1 Å². The monoisotopic (exact) mass is 1000 g/mol. The van der Waals surface area contributed by atoms with Crippen molar-refractivity contribution in [3.05, 3.63) is 71.8 Å². The van der Waals surface area contributed by atoms with Gasteiger partial charge in [-0.2, -0.15) is 8.67 Å². The molecule has 28 heteroatoms. The van der Waals surface area contributed by atoms with Crippen LogP contribution in [0.25, 0.3) is 21.5 Å². The molecule has 5 aromatic carbocycles. The van der Waals surface area contributed by atoms with Crippen molar-refractivity contribution in [1.82, 2.24) is 0 Å². The number of rotatable bonds is 20. The SMILES string of the molecule is CCCCOc1cc(C(=O)Nc2cc(S(=O)(=O)[O-])cc3cc(S(=O)(=O)[O-])cc(O)c23)c(OCCCC)cc1C(=O)Nc1cc(SOO[O-])cc2cc(SOO[O-])cc(O)c12.[Na+].[Na+].[Na+].[Na+]. The van der Waals surface area contributed by atoms with Crippen LogP contribution in [0.2, 0.25) is 0 Å². The van der Waals surface area contributed by atoms with Gasteiger partial charge in [0.15, 0.2) is 0 Å². The Morgan fingerprint density at radius 1 is 0.594 bits per heavy atom. The summed E-state index contributed by atoms with van der Waals surface area (Å²) in [6.45, 7) is 3.83. The normalized spacial score (nSPS) is 11.1. The summed E-state index contributed by atoms with van der Waals surface area (Å²) in [7, 11) is -10.4. The number of ether oxygens (including phenoxy) is 2. The number of anilines is 2. The van der Waals surface area contributed by atoms with Gasteiger partial charge in [0, 0.05) is 20.6 Å². The molecule has 0 unspecified atom stereocenters. The van der Waals surface area contributed by atoms with E-state index in [0.717, 1.165) is 18.2 Å². The average Bonchev–Trinajstić information content (AvgIpc) is 3.18. The van der Waals surface area contributed by atoms with Crippen LogP contribution in [0, 0.1) is 0 Å². The van der Waals surface area contributed by atoms with Crippen molar-refractivity contribution in [1.29, 1.82) is 0 Å². The molecule has 0 saturated heterocycles. The Bertz CT molecular complexity index is 2650. The minimum Gasteiger partial charge on any atom is -0.744 e. The molecule has 0 aliphatic heterocycles. The molecule has 0 fully saturated rings. The fraction of sp³-hybridized carbons (Fsp3) is 0.222. The van der Waals surface area contributed by atoms with Crippen LogP contribution >= 0.6 is 24.1 Å². The Hall–Kier alpha value is -0.960. The molecule has 0 aliphatic rings. The second-order valence-electron chi connectivity index (χ2n) is 12.5. The Kier molecular flexibility index (Phi) is 26.6. The third-order valence-electron chi connectivity index (χ3n) is 8.42. The van der Waals surface area contributed by atoms with Gasteiger partial charge < -0.3 is 49.9 Å². The summed E-state index contributed by atoms with van der Waals surface area (Å²) in [6, 6.07) is 10.6. The number of unbranched alkanes of at least 4 members (excludes halogenated alkanes) is 2. The van der Waals surface area contributed by atoms with E-state index < -0.39 is 53.3 Å². The van der Waals surface area contributed by atoms with Crippen LogP contribution in [-0.4, -0.2) is 61.2 Å². The summed E-state index contributed by atoms with van der Waals surface area (Å²) in [6.07, 6.45) is 2.30. The summed E-state index contributed by atoms with van der Waals surface area (Å²) in [4.78, 5) is 26.9. The Balaban J connectivity index is 0.00000512. The van der Waals surface area contributed by atoms with Gasteiger partial charge in [-0.3, -0.25) is 19.7 Å². The number of aromatic hydroxyl groups is 2. The van der Waals surface area contributed by atoms with E-state index in [2.05, 4.69) is 29.4 Å². The zero-order valence-electron chi connectivity index (χ0n) is 35.1. The van der Waals surface area contributed by atoms with Crippen molar-refractivity contribution in [2.45, 2.75) is 59.1 Å². The predicted molar refractivity (Wildman–Crippen MR) is 206 cm³/mol. The molecule has 4 N–H and O–H groups in total. The van der Waals surface area contributed by atoms with Crippen LogP contribution < -0.4 is 149 Å². The smallest absolute Gasteiger partial charge is 0.744 e. The van der Waals surface area contributed by atoms with E-state index in [-0.39, 0.29) is 197 Å². The fourth-order valence-corrected chi connectivity index (χ4v) is 7.70. The second-order valence-corrected chi connectivity index (χ2v) is 16.8. The first-order valence-corrected chi connectivity index (χ1v) is 21.6. The number of amides is 2. The van der Waals surface area contributed by atoms with E-state index in [0.29, 0.717) is 55.8 Å². The predicted octanol–water partition coefficient (Wildman–Crippen LogP) is -7.45. The molecule has 322 valence electrons. The summed E-state index contributed by atoms with van der Waals surface area (Å²) < 4.78 is 92.4. The van der Waals surface area contributed by atoms with Gasteiger partial charge in [0.05, 0.1) is 69.6 Å². The minimum atomic E-state index is -5.26. The molecule has 0 aliphatic carbocycles. The third kappa shape index (κ3) is 16.1. The van der Waals surface area contributed by atoms with Crippen LogP contribution in [0.1, 0.15) is 60.2 Å². The Morgan fingerprint density at radius 3 is 1.41 bits per heavy atom. The van der Waals surface area contributed by atoms with Crippen LogP contribution in [0.5, 0.6) is 23.0 Å². The van der Waals surface area contributed by atoms with Crippen molar-refractivity contribution in [3.63, 3.8) is 0 Å². The first-order chi connectivity index (χ1) is 28.5. The van der Waals surface area contributed by atoms with Crippen LogP contribution in [0.3, 0.4) is 0 Å².